The summed E-state index contributed by atoms with van der Waals surface area (Å²) in [5, 5.41) is 0. The third-order valence-electron chi connectivity index (χ3n) is 5.13. The Labute approximate surface area is 123 Å². The van der Waals surface area contributed by atoms with Crippen molar-refractivity contribution in [2.45, 2.75) is 45.6 Å². The summed E-state index contributed by atoms with van der Waals surface area (Å²) in [5.41, 5.74) is 0. The summed E-state index contributed by atoms with van der Waals surface area (Å²) in [7, 11) is 1.59. The van der Waals surface area contributed by atoms with E-state index in [1.165, 1.54) is 38.8 Å². The topological polar surface area (TPSA) is 32.8 Å². The van der Waals surface area contributed by atoms with Gasteiger partial charge in [-0.25, -0.2) is 0 Å². The first-order chi connectivity index (χ1) is 9.61. The lowest BCUT2D eigenvalue weighted by Gasteiger charge is -2.41. The summed E-state index contributed by atoms with van der Waals surface area (Å²) in [6.07, 6.45) is 5.05. The number of piperidine rings is 2. The Bertz CT molecular complexity index is 304. The number of amides is 1. The van der Waals surface area contributed by atoms with Crippen molar-refractivity contribution in [3.05, 3.63) is 0 Å². The largest absolute Gasteiger partial charge is 0.375 e. The van der Waals surface area contributed by atoms with Gasteiger partial charge in [-0.1, -0.05) is 0 Å². The lowest BCUT2D eigenvalue weighted by atomic mass is 9.78. The van der Waals surface area contributed by atoms with Crippen molar-refractivity contribution < 1.29 is 9.53 Å². The fourth-order valence-electron chi connectivity index (χ4n) is 3.74. The Hall–Kier alpha value is -0.610. The molecule has 0 bridgehead atoms. The van der Waals surface area contributed by atoms with E-state index in [1.807, 2.05) is 4.90 Å². The Morgan fingerprint density at radius 3 is 2.00 bits per heavy atom. The first kappa shape index (κ1) is 15.8. The number of carbonyl (C=O) groups excluding carboxylic acids is 1. The van der Waals surface area contributed by atoms with Gasteiger partial charge in [-0.05, 0) is 64.5 Å². The van der Waals surface area contributed by atoms with Crippen LogP contribution in [0.4, 0.5) is 0 Å². The van der Waals surface area contributed by atoms with Gasteiger partial charge in [0.15, 0.2) is 0 Å². The molecule has 20 heavy (non-hydrogen) atoms. The van der Waals surface area contributed by atoms with Crippen molar-refractivity contribution in [1.29, 1.82) is 0 Å². The molecule has 2 heterocycles. The third kappa shape index (κ3) is 3.95. The van der Waals surface area contributed by atoms with Crippen LogP contribution in [0.2, 0.25) is 0 Å². The average molecular weight is 282 g/mol. The number of hydrogen-bond donors (Lipinski definition) is 0. The van der Waals surface area contributed by atoms with Crippen LogP contribution < -0.4 is 0 Å². The minimum Gasteiger partial charge on any atom is -0.375 e. The average Bonchev–Trinajstić information content (AvgIpc) is 2.48. The maximum absolute atomic E-state index is 11.8. The van der Waals surface area contributed by atoms with Gasteiger partial charge in [0, 0.05) is 26.2 Å². The molecule has 0 aromatic rings. The Balaban J connectivity index is 1.73. The molecular formula is C16H30N2O2. The second-order valence-corrected chi connectivity index (χ2v) is 6.62. The molecule has 0 saturated carbocycles. The molecule has 0 N–H and O–H groups in total. The minimum atomic E-state index is 0.153. The fourth-order valence-corrected chi connectivity index (χ4v) is 3.74. The van der Waals surface area contributed by atoms with E-state index >= 15 is 0 Å². The van der Waals surface area contributed by atoms with Crippen LogP contribution in [0.3, 0.4) is 0 Å². The second-order valence-electron chi connectivity index (χ2n) is 6.62. The molecular weight excluding hydrogens is 252 g/mol. The number of hydrogen-bond acceptors (Lipinski definition) is 3. The molecule has 2 fully saturated rings. The normalized spacial score (nSPS) is 23.5. The molecule has 2 aliphatic heterocycles. The smallest absolute Gasteiger partial charge is 0.248 e. The molecule has 2 rings (SSSR count). The van der Waals surface area contributed by atoms with Gasteiger partial charge in [0.2, 0.25) is 5.91 Å². The molecule has 0 aromatic heterocycles. The van der Waals surface area contributed by atoms with Crippen molar-refractivity contribution in [3.8, 4) is 0 Å². The van der Waals surface area contributed by atoms with Crippen LogP contribution in [0.1, 0.15) is 39.5 Å². The molecule has 0 radical (unpaired) electrons. The molecule has 116 valence electrons. The molecule has 0 atom stereocenters. The highest BCUT2D eigenvalue weighted by Crippen LogP contribution is 2.32. The summed E-state index contributed by atoms with van der Waals surface area (Å²) >= 11 is 0. The van der Waals surface area contributed by atoms with E-state index in [4.69, 9.17) is 4.74 Å². The maximum atomic E-state index is 11.8. The van der Waals surface area contributed by atoms with Gasteiger partial charge in [-0.2, -0.15) is 0 Å². The zero-order valence-corrected chi connectivity index (χ0v) is 13.3. The second kappa shape index (κ2) is 7.41. The van der Waals surface area contributed by atoms with Crippen LogP contribution in [-0.4, -0.2) is 61.6 Å². The van der Waals surface area contributed by atoms with E-state index < -0.39 is 0 Å². The van der Waals surface area contributed by atoms with Gasteiger partial charge in [-0.3, -0.25) is 4.79 Å². The summed E-state index contributed by atoms with van der Waals surface area (Å²) in [5.74, 6) is 1.86. The third-order valence-corrected chi connectivity index (χ3v) is 5.13. The highest BCUT2D eigenvalue weighted by atomic mass is 16.5. The first-order valence-corrected chi connectivity index (χ1v) is 8.12. The van der Waals surface area contributed by atoms with Crippen LogP contribution in [-0.2, 0) is 9.53 Å². The van der Waals surface area contributed by atoms with E-state index in [0.29, 0.717) is 6.04 Å². The van der Waals surface area contributed by atoms with E-state index in [9.17, 15) is 4.79 Å². The van der Waals surface area contributed by atoms with Crippen molar-refractivity contribution in [1.82, 2.24) is 9.80 Å². The van der Waals surface area contributed by atoms with Crippen LogP contribution in [0.5, 0.6) is 0 Å². The molecule has 2 saturated heterocycles. The van der Waals surface area contributed by atoms with Crippen LogP contribution in [0, 0.1) is 11.8 Å². The van der Waals surface area contributed by atoms with Crippen LogP contribution >= 0.6 is 0 Å². The molecule has 4 nitrogen and oxygen atoms in total. The first-order valence-electron chi connectivity index (χ1n) is 8.12. The lowest BCUT2D eigenvalue weighted by molar-refractivity contribution is -0.136. The highest BCUT2D eigenvalue weighted by molar-refractivity contribution is 5.77. The van der Waals surface area contributed by atoms with Crippen molar-refractivity contribution in [2.24, 2.45) is 11.8 Å². The van der Waals surface area contributed by atoms with Gasteiger partial charge in [0.05, 0.1) is 0 Å². The Kier molecular flexibility index (Phi) is 5.85. The standard InChI is InChI=1S/C16H30N2O2/c1-13(2)17-8-4-14(5-9-17)15-6-10-18(11-7-15)16(19)12-20-3/h13-15H,4-12H2,1-3H3. The number of ether oxygens (including phenoxy) is 1. The van der Waals surface area contributed by atoms with Gasteiger partial charge in [0.1, 0.15) is 6.61 Å². The molecule has 4 heteroatoms. The van der Waals surface area contributed by atoms with Gasteiger partial charge < -0.3 is 14.5 Å². The quantitative estimate of drug-likeness (QED) is 0.790. The molecule has 0 aromatic carbocycles. The van der Waals surface area contributed by atoms with E-state index in [1.54, 1.807) is 7.11 Å². The zero-order chi connectivity index (χ0) is 14.5. The summed E-state index contributed by atoms with van der Waals surface area (Å²) in [6.45, 7) is 9.18. The van der Waals surface area contributed by atoms with Crippen molar-refractivity contribution in [2.75, 3.05) is 39.9 Å². The number of methoxy groups -OCH3 is 1. The van der Waals surface area contributed by atoms with Crippen LogP contribution in [0.15, 0.2) is 0 Å². The number of nitrogens with zero attached hydrogens (tertiary/aromatic N) is 2. The number of likely N-dealkylation sites (tertiary alicyclic amines) is 2. The Morgan fingerprint density at radius 1 is 1.05 bits per heavy atom. The van der Waals surface area contributed by atoms with E-state index in [0.717, 1.165) is 24.9 Å². The molecule has 0 spiro atoms. The molecule has 2 aliphatic rings. The Morgan fingerprint density at radius 2 is 1.55 bits per heavy atom. The van der Waals surface area contributed by atoms with E-state index in [-0.39, 0.29) is 12.5 Å². The summed E-state index contributed by atoms with van der Waals surface area (Å²) in [6, 6.07) is 0.685. The zero-order valence-electron chi connectivity index (χ0n) is 13.3. The summed E-state index contributed by atoms with van der Waals surface area (Å²) < 4.78 is 4.94. The fraction of sp³-hybridized carbons (Fsp3) is 0.938. The number of carbonyl (C=O) groups is 1. The molecule has 0 aliphatic carbocycles. The van der Waals surface area contributed by atoms with Crippen LogP contribution in [0.25, 0.3) is 0 Å². The van der Waals surface area contributed by atoms with Gasteiger partial charge >= 0.3 is 0 Å². The minimum absolute atomic E-state index is 0.153. The summed E-state index contributed by atoms with van der Waals surface area (Å²) in [4.78, 5) is 16.4. The van der Waals surface area contributed by atoms with Crippen molar-refractivity contribution >= 4 is 5.91 Å². The van der Waals surface area contributed by atoms with E-state index in [2.05, 4.69) is 18.7 Å². The predicted molar refractivity (Wildman–Crippen MR) is 80.6 cm³/mol. The van der Waals surface area contributed by atoms with Crippen molar-refractivity contribution in [3.63, 3.8) is 0 Å². The van der Waals surface area contributed by atoms with Gasteiger partial charge in [-0.15, -0.1) is 0 Å². The maximum Gasteiger partial charge on any atom is 0.248 e. The lowest BCUT2D eigenvalue weighted by Crippen LogP contribution is -2.44. The predicted octanol–water partition coefficient (Wildman–Crippen LogP) is 1.99. The van der Waals surface area contributed by atoms with Gasteiger partial charge in [0.25, 0.3) is 0 Å². The highest BCUT2D eigenvalue weighted by Gasteiger charge is 2.31. The molecule has 0 unspecified atom stereocenters. The monoisotopic (exact) mass is 282 g/mol. The number of rotatable bonds is 4. The molecule has 1 amide bonds. The SMILES string of the molecule is COCC(=O)N1CCC(C2CCN(C(C)C)CC2)CC1.